The summed E-state index contributed by atoms with van der Waals surface area (Å²) in [6.07, 6.45) is 1.20. The lowest BCUT2D eigenvalue weighted by molar-refractivity contribution is 0.724. The van der Waals surface area contributed by atoms with Crippen LogP contribution in [-0.2, 0) is 0 Å². The van der Waals surface area contributed by atoms with Crippen molar-refractivity contribution in [2.24, 2.45) is 0 Å². The van der Waals surface area contributed by atoms with Crippen LogP contribution < -0.4 is 10.2 Å². The number of fused-ring (bicyclic) bond motifs is 1. The highest BCUT2D eigenvalue weighted by molar-refractivity contribution is 7.13. The summed E-state index contributed by atoms with van der Waals surface area (Å²) in [5.74, 6) is 1.17. The summed E-state index contributed by atoms with van der Waals surface area (Å²) in [6.45, 7) is 4.36. The molecule has 1 aromatic heterocycles. The molecule has 0 aliphatic carbocycles. The minimum absolute atomic E-state index is 1.06. The molecule has 1 aliphatic heterocycles. The largest absolute Gasteiger partial charge is 0.354 e. The fourth-order valence-corrected chi connectivity index (χ4v) is 2.95. The van der Waals surface area contributed by atoms with Crippen molar-refractivity contribution in [3.05, 3.63) is 24.3 Å². The van der Waals surface area contributed by atoms with Crippen LogP contribution in [0.5, 0.6) is 0 Å². The molecule has 3 nitrogen and oxygen atoms in total. The van der Waals surface area contributed by atoms with E-state index in [2.05, 4.69) is 38.9 Å². The second-order valence-electron chi connectivity index (χ2n) is 4.09. The summed E-state index contributed by atoms with van der Waals surface area (Å²) in [7, 11) is 0. The molecule has 0 atom stereocenters. The molecule has 0 radical (unpaired) electrons. The normalized spacial score (nSPS) is 17.6. The Morgan fingerprint density at radius 1 is 1.19 bits per heavy atom. The Hall–Kier alpha value is -1.13. The summed E-state index contributed by atoms with van der Waals surface area (Å²) in [5.41, 5.74) is 0. The maximum atomic E-state index is 4.60. The second-order valence-corrected chi connectivity index (χ2v) is 4.90. The highest BCUT2D eigenvalue weighted by Gasteiger charge is 2.14. The van der Waals surface area contributed by atoms with Crippen LogP contribution in [0.15, 0.2) is 24.3 Å². The van der Waals surface area contributed by atoms with Gasteiger partial charge in [-0.2, -0.15) is 4.37 Å². The average molecular weight is 233 g/mol. The number of rotatable bonds is 1. The van der Waals surface area contributed by atoms with Gasteiger partial charge >= 0.3 is 0 Å². The lowest BCUT2D eigenvalue weighted by Gasteiger charge is -2.19. The summed E-state index contributed by atoms with van der Waals surface area (Å²) >= 11 is 1.60. The van der Waals surface area contributed by atoms with E-state index in [9.17, 15) is 0 Å². The van der Waals surface area contributed by atoms with E-state index in [-0.39, 0.29) is 0 Å². The van der Waals surface area contributed by atoms with Crippen molar-refractivity contribution < 1.29 is 0 Å². The first-order valence-electron chi connectivity index (χ1n) is 5.75. The molecule has 1 aliphatic rings. The summed E-state index contributed by atoms with van der Waals surface area (Å²) in [5, 5.41) is 4.72. The molecular formula is C12H15N3S. The fraction of sp³-hybridized carbons (Fsp3) is 0.417. The van der Waals surface area contributed by atoms with E-state index in [0.29, 0.717) is 0 Å². The van der Waals surface area contributed by atoms with E-state index >= 15 is 0 Å². The first-order chi connectivity index (χ1) is 7.95. The summed E-state index contributed by atoms with van der Waals surface area (Å²) in [4.78, 5) is 2.40. The SMILES string of the molecule is c1ccc2c(N3CCCNCC3)nsc2c1. The Morgan fingerprint density at radius 3 is 3.12 bits per heavy atom. The molecule has 0 bridgehead atoms. The monoisotopic (exact) mass is 233 g/mol. The van der Waals surface area contributed by atoms with Gasteiger partial charge in [-0.15, -0.1) is 0 Å². The molecule has 2 heterocycles. The third-order valence-electron chi connectivity index (χ3n) is 3.00. The van der Waals surface area contributed by atoms with Crippen molar-refractivity contribution in [1.82, 2.24) is 9.69 Å². The van der Waals surface area contributed by atoms with Crippen LogP contribution in [0.1, 0.15) is 6.42 Å². The molecule has 0 spiro atoms. The number of nitrogens with zero attached hydrogens (tertiary/aromatic N) is 2. The van der Waals surface area contributed by atoms with Crippen molar-refractivity contribution in [3.8, 4) is 0 Å². The molecule has 1 fully saturated rings. The van der Waals surface area contributed by atoms with E-state index in [4.69, 9.17) is 0 Å². The highest BCUT2D eigenvalue weighted by Crippen LogP contribution is 2.29. The van der Waals surface area contributed by atoms with Crippen molar-refractivity contribution in [2.45, 2.75) is 6.42 Å². The third-order valence-corrected chi connectivity index (χ3v) is 3.81. The zero-order valence-electron chi connectivity index (χ0n) is 9.15. The van der Waals surface area contributed by atoms with Gasteiger partial charge < -0.3 is 10.2 Å². The van der Waals surface area contributed by atoms with Crippen molar-refractivity contribution in [1.29, 1.82) is 0 Å². The van der Waals surface area contributed by atoms with Crippen LogP contribution in [0.25, 0.3) is 10.1 Å². The van der Waals surface area contributed by atoms with Crippen LogP contribution in [-0.4, -0.2) is 30.6 Å². The number of aromatic nitrogens is 1. The molecule has 3 rings (SSSR count). The van der Waals surface area contributed by atoms with Crippen LogP contribution >= 0.6 is 11.5 Å². The first-order valence-corrected chi connectivity index (χ1v) is 6.52. The van der Waals surface area contributed by atoms with Crippen molar-refractivity contribution in [3.63, 3.8) is 0 Å². The molecular weight excluding hydrogens is 218 g/mol. The minimum Gasteiger partial charge on any atom is -0.354 e. The average Bonchev–Trinajstić information content (AvgIpc) is 2.57. The van der Waals surface area contributed by atoms with Gasteiger partial charge in [0, 0.05) is 25.0 Å². The predicted octanol–water partition coefficient (Wildman–Crippen LogP) is 2.10. The Balaban J connectivity index is 1.97. The molecule has 0 unspecified atom stereocenters. The number of nitrogens with one attached hydrogen (secondary N) is 1. The van der Waals surface area contributed by atoms with Crippen molar-refractivity contribution in [2.75, 3.05) is 31.1 Å². The molecule has 1 N–H and O–H groups in total. The molecule has 16 heavy (non-hydrogen) atoms. The number of benzene rings is 1. The van der Waals surface area contributed by atoms with Gasteiger partial charge in [0.05, 0.1) is 4.70 Å². The van der Waals surface area contributed by atoms with Gasteiger partial charge in [0.1, 0.15) is 5.82 Å². The first kappa shape index (κ1) is 10.1. The van der Waals surface area contributed by atoms with Crippen LogP contribution in [0.2, 0.25) is 0 Å². The van der Waals surface area contributed by atoms with E-state index in [1.807, 2.05) is 0 Å². The molecule has 0 amide bonds. The van der Waals surface area contributed by atoms with Crippen LogP contribution in [0.3, 0.4) is 0 Å². The Morgan fingerprint density at radius 2 is 2.12 bits per heavy atom. The Bertz CT molecular complexity index is 472. The molecule has 1 aromatic carbocycles. The van der Waals surface area contributed by atoms with E-state index in [1.54, 1.807) is 11.5 Å². The zero-order valence-corrected chi connectivity index (χ0v) is 9.96. The molecule has 2 aromatic rings. The molecule has 0 saturated carbocycles. The number of hydrogen-bond acceptors (Lipinski definition) is 4. The zero-order chi connectivity index (χ0) is 10.8. The van der Waals surface area contributed by atoms with E-state index in [0.717, 1.165) is 26.2 Å². The minimum atomic E-state index is 1.06. The fourth-order valence-electron chi connectivity index (χ4n) is 2.16. The van der Waals surface area contributed by atoms with Gasteiger partial charge in [-0.1, -0.05) is 12.1 Å². The van der Waals surface area contributed by atoms with Gasteiger partial charge in [-0.25, -0.2) is 0 Å². The molecule has 4 heteroatoms. The number of hydrogen-bond donors (Lipinski definition) is 1. The quantitative estimate of drug-likeness (QED) is 0.817. The summed E-state index contributed by atoms with van der Waals surface area (Å²) < 4.78 is 5.89. The van der Waals surface area contributed by atoms with Gasteiger partial charge in [0.25, 0.3) is 0 Å². The van der Waals surface area contributed by atoms with Crippen molar-refractivity contribution >= 4 is 27.4 Å². The van der Waals surface area contributed by atoms with Crippen LogP contribution in [0.4, 0.5) is 5.82 Å². The van der Waals surface area contributed by atoms with Gasteiger partial charge in [0.2, 0.25) is 0 Å². The smallest absolute Gasteiger partial charge is 0.150 e. The Labute approximate surface area is 99.2 Å². The third kappa shape index (κ3) is 1.79. The van der Waals surface area contributed by atoms with Gasteiger partial charge in [-0.3, -0.25) is 0 Å². The predicted molar refractivity (Wildman–Crippen MR) is 69.3 cm³/mol. The molecule has 1 saturated heterocycles. The Kier molecular flexibility index (Phi) is 2.76. The standard InChI is InChI=1S/C12H15N3S/c1-2-5-11-10(4-1)12(14-16-11)15-8-3-6-13-7-9-15/h1-2,4-5,13H,3,6-9H2. The summed E-state index contributed by atoms with van der Waals surface area (Å²) in [6, 6.07) is 8.49. The van der Waals surface area contributed by atoms with Crippen LogP contribution in [0, 0.1) is 0 Å². The van der Waals surface area contributed by atoms with Gasteiger partial charge in [-0.05, 0) is 36.6 Å². The van der Waals surface area contributed by atoms with E-state index < -0.39 is 0 Å². The number of anilines is 1. The van der Waals surface area contributed by atoms with E-state index in [1.165, 1.54) is 22.3 Å². The van der Waals surface area contributed by atoms with Gasteiger partial charge in [0.15, 0.2) is 0 Å². The lowest BCUT2D eigenvalue weighted by Crippen LogP contribution is -2.28. The maximum absolute atomic E-state index is 4.60. The second kappa shape index (κ2) is 4.39. The maximum Gasteiger partial charge on any atom is 0.150 e. The lowest BCUT2D eigenvalue weighted by atomic mass is 10.2. The topological polar surface area (TPSA) is 28.2 Å². The molecule has 84 valence electrons. The highest BCUT2D eigenvalue weighted by atomic mass is 32.1.